The predicted octanol–water partition coefficient (Wildman–Crippen LogP) is 1.68. The minimum atomic E-state index is -0.883. The van der Waals surface area contributed by atoms with Crippen molar-refractivity contribution in [3.05, 3.63) is 35.5 Å². The molecule has 9 heteroatoms. The molecule has 0 radical (unpaired) electrons. The molecule has 5 rings (SSSR count). The smallest absolute Gasteiger partial charge is 0.320 e. The van der Waals surface area contributed by atoms with Crippen LogP contribution in [-0.2, 0) is 0 Å². The molecule has 158 valence electrons. The summed E-state index contributed by atoms with van der Waals surface area (Å²) in [7, 11) is 3.47. The molecule has 1 N–H and O–H groups in total. The largest absolute Gasteiger partial charge is 0.467 e. The summed E-state index contributed by atoms with van der Waals surface area (Å²) in [5.41, 5.74) is 2.95. The van der Waals surface area contributed by atoms with Gasteiger partial charge in [0.05, 0.1) is 24.9 Å². The van der Waals surface area contributed by atoms with Gasteiger partial charge in [-0.3, -0.25) is 0 Å². The fourth-order valence-corrected chi connectivity index (χ4v) is 4.43. The van der Waals surface area contributed by atoms with Gasteiger partial charge in [-0.15, -0.1) is 0 Å². The fraction of sp³-hybridized carbons (Fsp3) is 0.476. The van der Waals surface area contributed by atoms with Crippen LogP contribution in [0, 0.1) is 6.92 Å². The van der Waals surface area contributed by atoms with Crippen molar-refractivity contribution in [3.8, 4) is 11.8 Å². The van der Waals surface area contributed by atoms with Crippen LogP contribution in [0.3, 0.4) is 0 Å². The van der Waals surface area contributed by atoms with E-state index in [1.165, 1.54) is 7.11 Å². The maximum atomic E-state index is 14.6. The number of nitrogens with zero attached hydrogens (tertiary/aromatic N) is 6. The van der Waals surface area contributed by atoms with Gasteiger partial charge in [0.15, 0.2) is 5.82 Å². The average Bonchev–Trinajstić information content (AvgIpc) is 3.26. The lowest BCUT2D eigenvalue weighted by atomic mass is 9.92. The third kappa shape index (κ3) is 3.18. The molecule has 1 aromatic carbocycles. The van der Waals surface area contributed by atoms with Gasteiger partial charge in [0, 0.05) is 43.5 Å². The third-order valence-electron chi connectivity index (χ3n) is 6.05. The Morgan fingerprint density at radius 3 is 2.53 bits per heavy atom. The van der Waals surface area contributed by atoms with E-state index >= 15 is 0 Å². The van der Waals surface area contributed by atoms with Crippen LogP contribution in [-0.4, -0.2) is 82.4 Å². The van der Waals surface area contributed by atoms with Crippen LogP contribution in [0.15, 0.2) is 24.4 Å². The first-order chi connectivity index (χ1) is 14.4. The first kappa shape index (κ1) is 19.2. The summed E-state index contributed by atoms with van der Waals surface area (Å²) in [6.45, 7) is 4.23. The van der Waals surface area contributed by atoms with E-state index in [-0.39, 0.29) is 18.0 Å². The number of hydrogen-bond donors (Lipinski definition) is 1. The number of hydrogen-bond acceptors (Lipinski definition) is 7. The van der Waals surface area contributed by atoms with Gasteiger partial charge in [-0.1, -0.05) is 0 Å². The lowest BCUT2D eigenvalue weighted by Gasteiger charge is -2.36. The number of aliphatic hydroxyl groups excluding tert-OH is 1. The van der Waals surface area contributed by atoms with Crippen molar-refractivity contribution in [3.63, 3.8) is 0 Å². The Bertz CT molecular complexity index is 1100. The summed E-state index contributed by atoms with van der Waals surface area (Å²) in [6, 6.07) is 6.17. The molecular formula is C21H25FN6O2. The number of halogens is 1. The molecule has 0 aliphatic carbocycles. The Morgan fingerprint density at radius 2 is 1.87 bits per heavy atom. The van der Waals surface area contributed by atoms with Crippen molar-refractivity contribution in [1.82, 2.24) is 24.6 Å². The summed E-state index contributed by atoms with van der Waals surface area (Å²) >= 11 is 0. The van der Waals surface area contributed by atoms with E-state index < -0.39 is 6.17 Å². The molecule has 0 saturated carbocycles. The maximum absolute atomic E-state index is 14.6. The quantitative estimate of drug-likeness (QED) is 0.698. The third-order valence-corrected chi connectivity index (χ3v) is 6.05. The lowest BCUT2D eigenvalue weighted by Crippen LogP contribution is -2.51. The highest BCUT2D eigenvalue weighted by atomic mass is 19.1. The minimum absolute atomic E-state index is 0.152. The average molecular weight is 412 g/mol. The number of rotatable bonds is 4. The number of alkyl halides is 1. The fourth-order valence-electron chi connectivity index (χ4n) is 4.43. The molecule has 4 heterocycles. The second kappa shape index (κ2) is 7.17. The van der Waals surface area contributed by atoms with Crippen LogP contribution in [0.25, 0.3) is 16.7 Å². The van der Waals surface area contributed by atoms with E-state index in [1.54, 1.807) is 10.9 Å². The van der Waals surface area contributed by atoms with E-state index in [2.05, 4.69) is 21.1 Å². The molecule has 2 fully saturated rings. The van der Waals surface area contributed by atoms with Gasteiger partial charge in [0.2, 0.25) is 0 Å². The zero-order valence-electron chi connectivity index (χ0n) is 17.3. The highest BCUT2D eigenvalue weighted by Crippen LogP contribution is 2.34. The Kier molecular flexibility index (Phi) is 4.59. The summed E-state index contributed by atoms with van der Waals surface area (Å²) < 4.78 is 21.7. The topological polar surface area (TPSA) is 79.5 Å². The second-order valence-corrected chi connectivity index (χ2v) is 8.30. The summed E-state index contributed by atoms with van der Waals surface area (Å²) in [4.78, 5) is 12.9. The van der Waals surface area contributed by atoms with E-state index in [0.29, 0.717) is 37.8 Å². The highest BCUT2D eigenvalue weighted by molar-refractivity contribution is 5.82. The van der Waals surface area contributed by atoms with Crippen LogP contribution < -0.4 is 9.64 Å². The number of fused-ring (bicyclic) bond motifs is 1. The highest BCUT2D eigenvalue weighted by Gasteiger charge is 2.33. The van der Waals surface area contributed by atoms with Crippen molar-refractivity contribution in [1.29, 1.82) is 0 Å². The van der Waals surface area contributed by atoms with E-state index in [9.17, 15) is 9.50 Å². The normalized spacial score (nSPS) is 22.6. The number of anilines is 1. The predicted molar refractivity (Wildman–Crippen MR) is 111 cm³/mol. The standard InChI is InChI=1S/C21H25FN6O2/c1-12-4-13-7-23-28(18(13)5-15(12)16-10-26(2)11-17(16)22)20-6-19(24-21(25-20)30-3)27-8-14(29)9-27/h4-7,14,16-17,29H,8-11H2,1-3H3/t16-,17-/m0/s1. The first-order valence-electron chi connectivity index (χ1n) is 10.1. The molecule has 0 unspecified atom stereocenters. The number of aliphatic hydroxyl groups is 1. The monoisotopic (exact) mass is 412 g/mol. The summed E-state index contributed by atoms with van der Waals surface area (Å²) in [6.07, 6.45) is 0.566. The van der Waals surface area contributed by atoms with Gasteiger partial charge >= 0.3 is 6.01 Å². The molecule has 2 aliphatic rings. The van der Waals surface area contributed by atoms with Crippen molar-refractivity contribution in [2.75, 3.05) is 45.2 Å². The number of likely N-dealkylation sites (tertiary alicyclic amines) is 1. The van der Waals surface area contributed by atoms with Gasteiger partial charge in [0.25, 0.3) is 0 Å². The molecule has 0 amide bonds. The number of aromatic nitrogens is 4. The number of aryl methyl sites for hydroxylation is 1. The van der Waals surface area contributed by atoms with Crippen LogP contribution in [0.5, 0.6) is 6.01 Å². The minimum Gasteiger partial charge on any atom is -0.467 e. The molecule has 2 atom stereocenters. The Hall–Kier alpha value is -2.78. The Labute approximate surface area is 173 Å². The van der Waals surface area contributed by atoms with Gasteiger partial charge in [0.1, 0.15) is 12.0 Å². The van der Waals surface area contributed by atoms with Gasteiger partial charge in [-0.2, -0.15) is 15.1 Å². The lowest BCUT2D eigenvalue weighted by molar-refractivity contribution is 0.141. The SMILES string of the molecule is COc1nc(N2CC(O)C2)cc(-n2ncc3cc(C)c([C@@H]4CN(C)C[C@@H]4F)cc32)n1. The molecule has 0 bridgehead atoms. The number of β-amino-alcohol motifs (C(OH)–C–C–N with tert-alkyl or cyclic N) is 1. The molecule has 8 nitrogen and oxygen atoms in total. The first-order valence-corrected chi connectivity index (χ1v) is 10.1. The Morgan fingerprint density at radius 1 is 1.10 bits per heavy atom. The van der Waals surface area contributed by atoms with E-state index in [0.717, 1.165) is 22.0 Å². The van der Waals surface area contributed by atoms with Crippen molar-refractivity contribution >= 4 is 16.7 Å². The number of ether oxygens (including phenoxy) is 1. The number of methoxy groups -OCH3 is 1. The second-order valence-electron chi connectivity index (χ2n) is 8.30. The summed E-state index contributed by atoms with van der Waals surface area (Å²) in [5.74, 6) is 1.10. The summed E-state index contributed by atoms with van der Waals surface area (Å²) in [5, 5.41) is 15.1. The van der Waals surface area contributed by atoms with Crippen LogP contribution >= 0.6 is 0 Å². The zero-order chi connectivity index (χ0) is 21.0. The number of likely N-dealkylation sites (N-methyl/N-ethyl adjacent to an activating group) is 1. The van der Waals surface area contributed by atoms with Crippen LogP contribution in [0.4, 0.5) is 10.2 Å². The van der Waals surface area contributed by atoms with Gasteiger partial charge < -0.3 is 19.6 Å². The Balaban J connectivity index is 1.59. The molecule has 2 saturated heterocycles. The van der Waals surface area contributed by atoms with Crippen LogP contribution in [0.1, 0.15) is 17.0 Å². The van der Waals surface area contributed by atoms with E-state index in [4.69, 9.17) is 4.74 Å². The van der Waals surface area contributed by atoms with Crippen molar-refractivity contribution in [2.24, 2.45) is 0 Å². The van der Waals surface area contributed by atoms with E-state index in [1.807, 2.05) is 35.9 Å². The maximum Gasteiger partial charge on any atom is 0.320 e. The molecular weight excluding hydrogens is 387 g/mol. The van der Waals surface area contributed by atoms with Crippen molar-refractivity contribution < 1.29 is 14.2 Å². The van der Waals surface area contributed by atoms with Crippen molar-refractivity contribution in [2.45, 2.75) is 25.1 Å². The van der Waals surface area contributed by atoms with Crippen LogP contribution in [0.2, 0.25) is 0 Å². The van der Waals surface area contributed by atoms with Gasteiger partial charge in [-0.25, -0.2) is 9.07 Å². The van der Waals surface area contributed by atoms with Gasteiger partial charge in [-0.05, 0) is 37.2 Å². The zero-order valence-corrected chi connectivity index (χ0v) is 17.3. The molecule has 2 aromatic heterocycles. The molecule has 3 aromatic rings. The molecule has 30 heavy (non-hydrogen) atoms. The molecule has 2 aliphatic heterocycles. The molecule has 0 spiro atoms. The number of benzene rings is 1.